The molecule has 0 aliphatic carbocycles. The van der Waals surface area contributed by atoms with Crippen molar-refractivity contribution in [2.24, 2.45) is 0 Å². The molecule has 0 aliphatic heterocycles. The highest BCUT2D eigenvalue weighted by Gasteiger charge is 2.12. The van der Waals surface area contributed by atoms with E-state index >= 15 is 0 Å². The minimum absolute atomic E-state index is 0.0375. The Balaban J connectivity index is 2.57. The van der Waals surface area contributed by atoms with Gasteiger partial charge in [-0.05, 0) is 24.1 Å². The summed E-state index contributed by atoms with van der Waals surface area (Å²) < 4.78 is 0. The van der Waals surface area contributed by atoms with Gasteiger partial charge >= 0.3 is 0 Å². The Morgan fingerprint density at radius 3 is 2.67 bits per heavy atom. The van der Waals surface area contributed by atoms with Gasteiger partial charge in [0.1, 0.15) is 10.9 Å². The zero-order valence-electron chi connectivity index (χ0n) is 9.51. The average Bonchev–Trinajstić information content (AvgIpc) is 2.69. The summed E-state index contributed by atoms with van der Waals surface area (Å²) in [4.78, 5) is 11.6. The number of nitro benzene ring substituents is 1. The lowest BCUT2D eigenvalue weighted by atomic mass is 10.1. The maximum absolute atomic E-state index is 10.8. The van der Waals surface area contributed by atoms with Crippen LogP contribution in [0.2, 0.25) is 0 Å². The summed E-state index contributed by atoms with van der Waals surface area (Å²) in [5.41, 5.74) is 7.63. The van der Waals surface area contributed by atoms with Crippen molar-refractivity contribution in [1.29, 1.82) is 5.26 Å². The summed E-state index contributed by atoms with van der Waals surface area (Å²) in [6.45, 7) is 1.79. The van der Waals surface area contributed by atoms with Crippen LogP contribution in [0.5, 0.6) is 0 Å². The number of non-ortho nitro benzene ring substituents is 1. The predicted octanol–water partition coefficient (Wildman–Crippen LogP) is 3.09. The van der Waals surface area contributed by atoms with Crippen LogP contribution < -0.4 is 5.73 Å². The normalized spacial score (nSPS) is 10.0. The number of hydrogen-bond donors (Lipinski definition) is 1. The van der Waals surface area contributed by atoms with Crippen molar-refractivity contribution in [3.8, 4) is 16.5 Å². The summed E-state index contributed by atoms with van der Waals surface area (Å²) in [5, 5.41) is 19.6. The van der Waals surface area contributed by atoms with Gasteiger partial charge in [-0.2, -0.15) is 5.26 Å². The van der Waals surface area contributed by atoms with Gasteiger partial charge in [-0.3, -0.25) is 10.1 Å². The minimum Gasteiger partial charge on any atom is -0.397 e. The molecule has 5 nitrogen and oxygen atoms in total. The van der Waals surface area contributed by atoms with Crippen LogP contribution in [0.3, 0.4) is 0 Å². The Kier molecular flexibility index (Phi) is 3.00. The highest BCUT2D eigenvalue weighted by Crippen LogP contribution is 2.34. The molecule has 0 unspecified atom stereocenters. The molecule has 2 aromatic rings. The van der Waals surface area contributed by atoms with Gasteiger partial charge in [-0.25, -0.2) is 0 Å². The number of nitrogens with two attached hydrogens (primary N) is 1. The van der Waals surface area contributed by atoms with Crippen LogP contribution in [0.25, 0.3) is 10.4 Å². The predicted molar refractivity (Wildman–Crippen MR) is 70.3 cm³/mol. The van der Waals surface area contributed by atoms with Crippen molar-refractivity contribution in [3.05, 3.63) is 44.8 Å². The lowest BCUT2D eigenvalue weighted by molar-refractivity contribution is -0.384. The molecule has 0 atom stereocenters. The van der Waals surface area contributed by atoms with Crippen LogP contribution in [-0.4, -0.2) is 4.92 Å². The molecule has 1 aromatic heterocycles. The monoisotopic (exact) mass is 259 g/mol. The van der Waals surface area contributed by atoms with Gasteiger partial charge in [0.15, 0.2) is 0 Å². The van der Waals surface area contributed by atoms with E-state index in [4.69, 9.17) is 11.0 Å². The third-order valence-electron chi connectivity index (χ3n) is 2.42. The zero-order chi connectivity index (χ0) is 13.3. The summed E-state index contributed by atoms with van der Waals surface area (Å²) >= 11 is 1.23. The van der Waals surface area contributed by atoms with E-state index in [0.29, 0.717) is 16.1 Å². The van der Waals surface area contributed by atoms with Gasteiger partial charge in [0.05, 0.1) is 10.6 Å². The third kappa shape index (κ3) is 2.17. The maximum Gasteiger partial charge on any atom is 0.270 e. The Morgan fingerprint density at radius 1 is 1.39 bits per heavy atom. The van der Waals surface area contributed by atoms with E-state index < -0.39 is 4.92 Å². The van der Waals surface area contributed by atoms with E-state index in [2.05, 4.69) is 0 Å². The van der Waals surface area contributed by atoms with Crippen molar-refractivity contribution in [3.63, 3.8) is 0 Å². The van der Waals surface area contributed by atoms with Gasteiger partial charge in [-0.15, -0.1) is 11.3 Å². The molecular formula is C12H9N3O2S. The fraction of sp³-hybridized carbons (Fsp3) is 0.0833. The van der Waals surface area contributed by atoms with Crippen molar-refractivity contribution < 1.29 is 4.92 Å². The molecule has 0 radical (unpaired) electrons. The molecule has 0 spiro atoms. The van der Waals surface area contributed by atoms with E-state index in [1.54, 1.807) is 13.0 Å². The first kappa shape index (κ1) is 12.1. The molecule has 1 heterocycles. The van der Waals surface area contributed by atoms with Crippen molar-refractivity contribution in [2.45, 2.75) is 6.92 Å². The average molecular weight is 259 g/mol. The number of nitro groups is 1. The Morgan fingerprint density at radius 2 is 2.11 bits per heavy atom. The zero-order valence-corrected chi connectivity index (χ0v) is 10.3. The van der Waals surface area contributed by atoms with E-state index in [1.165, 1.54) is 23.5 Å². The number of rotatable bonds is 2. The molecule has 6 heteroatoms. The topological polar surface area (TPSA) is 93.0 Å². The van der Waals surface area contributed by atoms with Gasteiger partial charge in [0.2, 0.25) is 0 Å². The molecule has 2 rings (SSSR count). The van der Waals surface area contributed by atoms with E-state index in [9.17, 15) is 10.1 Å². The molecule has 0 saturated heterocycles. The molecule has 0 saturated carbocycles. The fourth-order valence-electron chi connectivity index (χ4n) is 1.65. The molecule has 90 valence electrons. The lowest BCUT2D eigenvalue weighted by Crippen LogP contribution is -1.89. The summed E-state index contributed by atoms with van der Waals surface area (Å²) in [6.07, 6.45) is 0. The number of hydrogen-bond acceptors (Lipinski definition) is 5. The molecule has 0 bridgehead atoms. The van der Waals surface area contributed by atoms with E-state index in [1.807, 2.05) is 12.1 Å². The molecule has 18 heavy (non-hydrogen) atoms. The first-order chi connectivity index (χ1) is 8.51. The number of thiophene rings is 1. The first-order valence-electron chi connectivity index (χ1n) is 5.07. The van der Waals surface area contributed by atoms with Crippen LogP contribution in [0.1, 0.15) is 10.4 Å². The SMILES string of the molecule is Cc1cc(-c2cc(N)c(C#N)s2)cc([N+](=O)[O-])c1. The quantitative estimate of drug-likeness (QED) is 0.662. The molecule has 0 aliphatic rings. The first-order valence-corrected chi connectivity index (χ1v) is 5.89. The molecule has 0 amide bonds. The summed E-state index contributed by atoms with van der Waals surface area (Å²) in [6, 6.07) is 8.49. The molecule has 0 fully saturated rings. The molecule has 2 N–H and O–H groups in total. The molecule has 1 aromatic carbocycles. The largest absolute Gasteiger partial charge is 0.397 e. The van der Waals surface area contributed by atoms with Crippen LogP contribution in [-0.2, 0) is 0 Å². The number of nitrogen functional groups attached to an aromatic ring is 1. The van der Waals surface area contributed by atoms with Crippen LogP contribution >= 0.6 is 11.3 Å². The smallest absolute Gasteiger partial charge is 0.270 e. The van der Waals surface area contributed by atoms with E-state index in [-0.39, 0.29) is 5.69 Å². The Bertz CT molecular complexity index is 670. The van der Waals surface area contributed by atoms with Gasteiger partial charge in [0, 0.05) is 17.0 Å². The van der Waals surface area contributed by atoms with Crippen molar-refractivity contribution >= 4 is 22.7 Å². The van der Waals surface area contributed by atoms with Crippen LogP contribution in [0.4, 0.5) is 11.4 Å². The summed E-state index contributed by atoms with van der Waals surface area (Å²) in [5.74, 6) is 0. The van der Waals surface area contributed by atoms with Gasteiger partial charge < -0.3 is 5.73 Å². The highest BCUT2D eigenvalue weighted by atomic mass is 32.1. The Labute approximate surface area is 107 Å². The van der Waals surface area contributed by atoms with Crippen molar-refractivity contribution in [1.82, 2.24) is 0 Å². The van der Waals surface area contributed by atoms with Crippen LogP contribution in [0.15, 0.2) is 24.3 Å². The lowest BCUT2D eigenvalue weighted by Gasteiger charge is -2.00. The highest BCUT2D eigenvalue weighted by molar-refractivity contribution is 7.16. The number of benzene rings is 1. The van der Waals surface area contributed by atoms with Gasteiger partial charge in [-0.1, -0.05) is 6.07 Å². The van der Waals surface area contributed by atoms with Crippen molar-refractivity contribution in [2.75, 3.05) is 5.73 Å². The van der Waals surface area contributed by atoms with Gasteiger partial charge in [0.25, 0.3) is 5.69 Å². The standard InChI is InChI=1S/C12H9N3O2S/c1-7-2-8(4-9(3-7)15(16)17)11-5-10(14)12(6-13)18-11/h2-5H,14H2,1H3. The fourth-order valence-corrected chi connectivity index (χ4v) is 2.51. The number of anilines is 1. The molecular weight excluding hydrogens is 250 g/mol. The summed E-state index contributed by atoms with van der Waals surface area (Å²) in [7, 11) is 0. The minimum atomic E-state index is -0.432. The van der Waals surface area contributed by atoms with Crippen LogP contribution in [0, 0.1) is 28.4 Å². The second-order valence-corrected chi connectivity index (χ2v) is 4.87. The second kappa shape index (κ2) is 4.47. The third-order valence-corrected chi connectivity index (χ3v) is 3.52. The number of nitrogens with zero attached hydrogens (tertiary/aromatic N) is 2. The Hall–Kier alpha value is -2.39. The maximum atomic E-state index is 10.8. The number of nitriles is 1. The van der Waals surface area contributed by atoms with E-state index in [0.717, 1.165) is 10.4 Å². The second-order valence-electron chi connectivity index (χ2n) is 3.82. The number of aryl methyl sites for hydroxylation is 1.